The van der Waals surface area contributed by atoms with Crippen molar-refractivity contribution in [2.45, 2.75) is 44.6 Å². The zero-order valence-electron chi connectivity index (χ0n) is 14.8. The van der Waals surface area contributed by atoms with Crippen molar-refractivity contribution < 1.29 is 13.2 Å². The van der Waals surface area contributed by atoms with Crippen molar-refractivity contribution in [3.05, 3.63) is 23.8 Å². The van der Waals surface area contributed by atoms with E-state index in [1.165, 1.54) is 23.2 Å². The van der Waals surface area contributed by atoms with Crippen LogP contribution in [0.3, 0.4) is 0 Å². The van der Waals surface area contributed by atoms with Gasteiger partial charge in [-0.3, -0.25) is 4.79 Å². The highest BCUT2D eigenvalue weighted by Gasteiger charge is 2.24. The second kappa shape index (κ2) is 7.63. The van der Waals surface area contributed by atoms with E-state index in [1.807, 2.05) is 20.8 Å². The lowest BCUT2D eigenvalue weighted by atomic mass is 10.2. The van der Waals surface area contributed by atoms with Gasteiger partial charge in [-0.1, -0.05) is 6.07 Å². The van der Waals surface area contributed by atoms with E-state index in [0.717, 1.165) is 12.1 Å². The van der Waals surface area contributed by atoms with Crippen molar-refractivity contribution in [3.63, 3.8) is 0 Å². The molecule has 1 fully saturated rings. The molecule has 1 aromatic carbocycles. The van der Waals surface area contributed by atoms with E-state index in [-0.39, 0.29) is 23.4 Å². The van der Waals surface area contributed by atoms with Gasteiger partial charge in [0, 0.05) is 18.8 Å². The molecule has 0 heterocycles. The van der Waals surface area contributed by atoms with E-state index in [2.05, 4.69) is 10.6 Å². The summed E-state index contributed by atoms with van der Waals surface area (Å²) in [6, 6.07) is 4.68. The number of amides is 1. The number of carbonyl (C=O) groups is 1. The molecule has 1 amide bonds. The Bertz CT molecular complexity index is 697. The maximum absolute atomic E-state index is 12.6. The summed E-state index contributed by atoms with van der Waals surface area (Å²) in [5, 5.41) is 5.93. The van der Waals surface area contributed by atoms with Crippen molar-refractivity contribution >= 4 is 21.6 Å². The first-order valence-corrected chi connectivity index (χ1v) is 9.75. The third kappa shape index (κ3) is 4.78. The van der Waals surface area contributed by atoms with Crippen molar-refractivity contribution in [1.29, 1.82) is 0 Å². The lowest BCUT2D eigenvalue weighted by Crippen LogP contribution is -2.33. The summed E-state index contributed by atoms with van der Waals surface area (Å²) in [7, 11) is -2.01. The number of sulfonamides is 1. The minimum Gasteiger partial charge on any atom is -0.325 e. The predicted molar refractivity (Wildman–Crippen MR) is 95.5 cm³/mol. The van der Waals surface area contributed by atoms with Gasteiger partial charge in [-0.25, -0.2) is 8.42 Å². The quantitative estimate of drug-likeness (QED) is 0.749. The zero-order chi connectivity index (χ0) is 17.9. The molecular weight excluding hydrogens is 326 g/mol. The molecule has 0 saturated heterocycles. The van der Waals surface area contributed by atoms with Crippen LogP contribution in [0.15, 0.2) is 23.1 Å². The molecule has 0 atom stereocenters. The number of hydrogen-bond donors (Lipinski definition) is 2. The summed E-state index contributed by atoms with van der Waals surface area (Å²) in [6.45, 7) is 6.58. The Morgan fingerprint density at radius 2 is 2.00 bits per heavy atom. The van der Waals surface area contributed by atoms with Crippen LogP contribution in [0.5, 0.6) is 0 Å². The highest BCUT2D eigenvalue weighted by atomic mass is 32.2. The summed E-state index contributed by atoms with van der Waals surface area (Å²) in [4.78, 5) is 12.2. The normalized spacial score (nSPS) is 15.1. The number of rotatable bonds is 8. The molecule has 0 radical (unpaired) electrons. The number of nitrogens with zero attached hydrogens (tertiary/aromatic N) is 1. The predicted octanol–water partition coefficient (Wildman–Crippen LogP) is 1.96. The molecule has 0 spiro atoms. The van der Waals surface area contributed by atoms with Gasteiger partial charge in [0.25, 0.3) is 0 Å². The van der Waals surface area contributed by atoms with Gasteiger partial charge in [0.05, 0.1) is 11.4 Å². The molecule has 1 aromatic rings. The Hall–Kier alpha value is -1.44. The van der Waals surface area contributed by atoms with Crippen LogP contribution in [0.4, 0.5) is 5.69 Å². The summed E-state index contributed by atoms with van der Waals surface area (Å²) in [6.07, 6.45) is 2.47. The summed E-state index contributed by atoms with van der Waals surface area (Å²) < 4.78 is 26.5. The van der Waals surface area contributed by atoms with Crippen LogP contribution in [0.1, 0.15) is 32.3 Å². The minimum absolute atomic E-state index is 0.138. The molecule has 0 bridgehead atoms. The molecule has 2 rings (SSSR count). The molecule has 1 aliphatic carbocycles. The SMILES string of the molecule is Cc1ccc(S(=O)(=O)N(C)C(C)C)cc1NC(=O)CNCC1CC1. The number of carbonyl (C=O) groups excluding carboxylic acids is 1. The number of benzene rings is 1. The fourth-order valence-corrected chi connectivity index (χ4v) is 3.64. The van der Waals surface area contributed by atoms with Crippen molar-refractivity contribution in [2.24, 2.45) is 5.92 Å². The van der Waals surface area contributed by atoms with Gasteiger partial charge < -0.3 is 10.6 Å². The zero-order valence-corrected chi connectivity index (χ0v) is 15.6. The molecule has 7 heteroatoms. The molecule has 0 aromatic heterocycles. The van der Waals surface area contributed by atoms with E-state index >= 15 is 0 Å². The van der Waals surface area contributed by atoms with Gasteiger partial charge in [0.2, 0.25) is 15.9 Å². The maximum Gasteiger partial charge on any atom is 0.243 e. The third-order valence-corrected chi connectivity index (χ3v) is 6.33. The summed E-state index contributed by atoms with van der Waals surface area (Å²) in [5.74, 6) is 0.546. The fraction of sp³-hybridized carbons (Fsp3) is 0.588. The first-order valence-electron chi connectivity index (χ1n) is 8.31. The molecule has 1 aliphatic rings. The Morgan fingerprint density at radius 3 is 2.58 bits per heavy atom. The molecule has 2 N–H and O–H groups in total. The van der Waals surface area contributed by atoms with Crippen LogP contribution < -0.4 is 10.6 Å². The highest BCUT2D eigenvalue weighted by Crippen LogP contribution is 2.27. The second-order valence-corrected chi connectivity index (χ2v) is 8.71. The van der Waals surface area contributed by atoms with Crippen LogP contribution >= 0.6 is 0 Å². The molecular formula is C17H27N3O3S. The monoisotopic (exact) mass is 353 g/mol. The maximum atomic E-state index is 12.6. The first kappa shape index (κ1) is 18.9. The lowest BCUT2D eigenvalue weighted by molar-refractivity contribution is -0.115. The van der Waals surface area contributed by atoms with Gasteiger partial charge in [0.1, 0.15) is 0 Å². The highest BCUT2D eigenvalue weighted by molar-refractivity contribution is 7.89. The number of aryl methyl sites for hydroxylation is 1. The van der Waals surface area contributed by atoms with Gasteiger partial charge in [-0.05, 0) is 63.8 Å². The molecule has 24 heavy (non-hydrogen) atoms. The van der Waals surface area contributed by atoms with E-state index < -0.39 is 10.0 Å². The smallest absolute Gasteiger partial charge is 0.243 e. The first-order chi connectivity index (χ1) is 11.2. The summed E-state index contributed by atoms with van der Waals surface area (Å²) in [5.41, 5.74) is 1.36. The Labute approximate surface area is 144 Å². The van der Waals surface area contributed by atoms with E-state index in [1.54, 1.807) is 19.2 Å². The number of anilines is 1. The van der Waals surface area contributed by atoms with Crippen molar-refractivity contribution in [2.75, 3.05) is 25.5 Å². The van der Waals surface area contributed by atoms with Gasteiger partial charge in [-0.2, -0.15) is 4.31 Å². The van der Waals surface area contributed by atoms with Gasteiger partial charge >= 0.3 is 0 Å². The van der Waals surface area contributed by atoms with Crippen molar-refractivity contribution in [3.8, 4) is 0 Å². The van der Waals surface area contributed by atoms with Crippen LogP contribution in [-0.2, 0) is 14.8 Å². The van der Waals surface area contributed by atoms with E-state index in [4.69, 9.17) is 0 Å². The third-order valence-electron chi connectivity index (χ3n) is 4.30. The Balaban J connectivity index is 2.08. The molecule has 6 nitrogen and oxygen atoms in total. The fourth-order valence-electron chi connectivity index (χ4n) is 2.25. The number of nitrogens with one attached hydrogen (secondary N) is 2. The van der Waals surface area contributed by atoms with Crippen LogP contribution in [0.25, 0.3) is 0 Å². The topological polar surface area (TPSA) is 78.5 Å². The van der Waals surface area contributed by atoms with E-state index in [0.29, 0.717) is 11.6 Å². The Morgan fingerprint density at radius 1 is 1.33 bits per heavy atom. The number of hydrogen-bond acceptors (Lipinski definition) is 4. The van der Waals surface area contributed by atoms with Gasteiger partial charge in [-0.15, -0.1) is 0 Å². The van der Waals surface area contributed by atoms with Crippen LogP contribution in [-0.4, -0.2) is 44.8 Å². The standard InChI is InChI=1S/C17H27N3O3S/c1-12(2)20(4)24(22,23)15-8-5-13(3)16(9-15)19-17(21)11-18-10-14-6-7-14/h5,8-9,12,14,18H,6-7,10-11H2,1-4H3,(H,19,21). The summed E-state index contributed by atoms with van der Waals surface area (Å²) >= 11 is 0. The molecule has 1 saturated carbocycles. The molecule has 0 unspecified atom stereocenters. The van der Waals surface area contributed by atoms with Crippen molar-refractivity contribution in [1.82, 2.24) is 9.62 Å². The van der Waals surface area contributed by atoms with E-state index in [9.17, 15) is 13.2 Å². The van der Waals surface area contributed by atoms with Gasteiger partial charge in [0.15, 0.2) is 0 Å². The molecule has 134 valence electrons. The lowest BCUT2D eigenvalue weighted by Gasteiger charge is -2.21. The minimum atomic E-state index is -3.57. The molecule has 0 aliphatic heterocycles. The van der Waals surface area contributed by atoms with Crippen LogP contribution in [0, 0.1) is 12.8 Å². The second-order valence-electron chi connectivity index (χ2n) is 6.71. The Kier molecular flexibility index (Phi) is 6.01. The average molecular weight is 353 g/mol. The average Bonchev–Trinajstić information content (AvgIpc) is 3.32. The largest absolute Gasteiger partial charge is 0.325 e. The van der Waals surface area contributed by atoms with Crippen LogP contribution in [0.2, 0.25) is 0 Å².